The van der Waals surface area contributed by atoms with E-state index in [0.717, 1.165) is 38.4 Å². The number of hydrogen-bond donors (Lipinski definition) is 2. The minimum Gasteiger partial charge on any atom is -0.381 e. The molecule has 2 aliphatic rings. The minimum absolute atomic E-state index is 0.109. The van der Waals surface area contributed by atoms with Crippen LogP contribution in [0.2, 0.25) is 0 Å². The Morgan fingerprint density at radius 1 is 1.44 bits per heavy atom. The fourth-order valence-corrected chi connectivity index (χ4v) is 2.91. The molecular formula is C12H24N2O2. The van der Waals surface area contributed by atoms with E-state index >= 15 is 0 Å². The second-order valence-corrected chi connectivity index (χ2v) is 5.13. The highest BCUT2D eigenvalue weighted by Crippen LogP contribution is 2.36. The summed E-state index contributed by atoms with van der Waals surface area (Å²) < 4.78 is 11.2. The molecule has 1 atom stereocenters. The number of rotatable bonds is 5. The van der Waals surface area contributed by atoms with Gasteiger partial charge in [0.05, 0.1) is 11.6 Å². The Hall–Kier alpha value is -0.160. The van der Waals surface area contributed by atoms with Gasteiger partial charge in [0.1, 0.15) is 0 Å². The van der Waals surface area contributed by atoms with Crippen molar-refractivity contribution >= 4 is 0 Å². The highest BCUT2D eigenvalue weighted by Gasteiger charge is 2.41. The summed E-state index contributed by atoms with van der Waals surface area (Å²) in [6, 6.07) is 0.270. The smallest absolute Gasteiger partial charge is 0.0888 e. The molecule has 0 aromatic rings. The number of nitrogens with one attached hydrogen (secondary N) is 1. The molecule has 1 saturated heterocycles. The summed E-state index contributed by atoms with van der Waals surface area (Å²) >= 11 is 0. The standard InChI is InChI=1S/C12H24N2O2/c1-15-12(5-7-16-8-6-12)11(14-13)9-10-3-2-4-10/h10-11,14H,2-9,13H2,1H3. The molecule has 1 heterocycles. The minimum atomic E-state index is -0.109. The van der Waals surface area contributed by atoms with E-state index in [0.29, 0.717) is 0 Å². The maximum atomic E-state index is 5.78. The van der Waals surface area contributed by atoms with Crippen molar-refractivity contribution in [1.29, 1.82) is 0 Å². The molecule has 1 aliphatic heterocycles. The average molecular weight is 228 g/mol. The molecule has 4 heteroatoms. The number of nitrogens with two attached hydrogens (primary N) is 1. The summed E-state index contributed by atoms with van der Waals surface area (Å²) in [6.07, 6.45) is 7.13. The lowest BCUT2D eigenvalue weighted by Crippen LogP contribution is -2.57. The van der Waals surface area contributed by atoms with Gasteiger partial charge in [0, 0.05) is 33.2 Å². The van der Waals surface area contributed by atoms with Crippen LogP contribution in [0.5, 0.6) is 0 Å². The molecule has 0 aromatic heterocycles. The van der Waals surface area contributed by atoms with Gasteiger partial charge in [-0.2, -0.15) is 0 Å². The van der Waals surface area contributed by atoms with Gasteiger partial charge in [-0.25, -0.2) is 0 Å². The molecular weight excluding hydrogens is 204 g/mol. The summed E-state index contributed by atoms with van der Waals surface area (Å²) in [6.45, 7) is 1.58. The van der Waals surface area contributed by atoms with Crippen LogP contribution in [0.3, 0.4) is 0 Å². The molecule has 0 amide bonds. The third-order valence-electron chi connectivity index (χ3n) is 4.38. The third-order valence-corrected chi connectivity index (χ3v) is 4.38. The molecule has 1 aliphatic carbocycles. The van der Waals surface area contributed by atoms with Gasteiger partial charge in [-0.3, -0.25) is 11.3 Å². The summed E-state index contributed by atoms with van der Waals surface area (Å²) in [7, 11) is 1.80. The van der Waals surface area contributed by atoms with Crippen LogP contribution in [0.1, 0.15) is 38.5 Å². The van der Waals surface area contributed by atoms with Crippen LogP contribution < -0.4 is 11.3 Å². The highest BCUT2D eigenvalue weighted by atomic mass is 16.5. The van der Waals surface area contributed by atoms with Crippen LogP contribution in [0.15, 0.2) is 0 Å². The lowest BCUT2D eigenvalue weighted by atomic mass is 9.75. The first-order chi connectivity index (χ1) is 7.80. The van der Waals surface area contributed by atoms with Gasteiger partial charge in [0.2, 0.25) is 0 Å². The topological polar surface area (TPSA) is 56.5 Å². The Balaban J connectivity index is 1.97. The monoisotopic (exact) mass is 228 g/mol. The highest BCUT2D eigenvalue weighted by molar-refractivity contribution is 4.95. The van der Waals surface area contributed by atoms with E-state index in [9.17, 15) is 0 Å². The molecule has 2 fully saturated rings. The Bertz CT molecular complexity index is 213. The van der Waals surface area contributed by atoms with Crippen LogP contribution >= 0.6 is 0 Å². The van der Waals surface area contributed by atoms with Crippen molar-refractivity contribution < 1.29 is 9.47 Å². The molecule has 16 heavy (non-hydrogen) atoms. The third kappa shape index (κ3) is 2.40. The molecule has 1 saturated carbocycles. The lowest BCUT2D eigenvalue weighted by Gasteiger charge is -2.44. The van der Waals surface area contributed by atoms with Gasteiger partial charge in [-0.05, 0) is 12.3 Å². The van der Waals surface area contributed by atoms with Crippen molar-refractivity contribution in [2.45, 2.75) is 50.2 Å². The molecule has 0 spiro atoms. The predicted molar refractivity (Wildman–Crippen MR) is 62.9 cm³/mol. The fraction of sp³-hybridized carbons (Fsp3) is 1.00. The zero-order valence-electron chi connectivity index (χ0n) is 10.2. The van der Waals surface area contributed by atoms with Gasteiger partial charge >= 0.3 is 0 Å². The molecule has 1 unspecified atom stereocenters. The lowest BCUT2D eigenvalue weighted by molar-refractivity contribution is -0.115. The predicted octanol–water partition coefficient (Wildman–Crippen LogP) is 1.20. The van der Waals surface area contributed by atoms with Crippen molar-refractivity contribution in [1.82, 2.24) is 5.43 Å². The Kier molecular flexibility index (Phi) is 4.19. The number of ether oxygens (including phenoxy) is 2. The van der Waals surface area contributed by atoms with Gasteiger partial charge in [0.15, 0.2) is 0 Å². The SMILES string of the molecule is COC1(C(CC2CCC2)NN)CCOCC1. The molecule has 94 valence electrons. The van der Waals surface area contributed by atoms with Crippen molar-refractivity contribution in [2.24, 2.45) is 11.8 Å². The molecule has 0 aromatic carbocycles. The number of hydrazine groups is 1. The summed E-state index contributed by atoms with van der Waals surface area (Å²) in [4.78, 5) is 0. The average Bonchev–Trinajstić information content (AvgIpc) is 2.29. The van der Waals surface area contributed by atoms with Crippen LogP contribution in [0.4, 0.5) is 0 Å². The number of methoxy groups -OCH3 is 1. The number of hydrogen-bond acceptors (Lipinski definition) is 4. The van der Waals surface area contributed by atoms with Crippen LogP contribution in [-0.4, -0.2) is 32.0 Å². The van der Waals surface area contributed by atoms with Crippen LogP contribution in [0, 0.1) is 5.92 Å². The fourth-order valence-electron chi connectivity index (χ4n) is 2.91. The van der Waals surface area contributed by atoms with E-state index in [4.69, 9.17) is 15.3 Å². The van der Waals surface area contributed by atoms with Gasteiger partial charge in [0.25, 0.3) is 0 Å². The molecule has 0 radical (unpaired) electrons. The Labute approximate surface area is 97.8 Å². The van der Waals surface area contributed by atoms with E-state index in [1.165, 1.54) is 19.3 Å². The molecule has 2 rings (SSSR count). The first kappa shape index (κ1) is 12.3. The van der Waals surface area contributed by atoms with E-state index in [2.05, 4.69) is 5.43 Å². The van der Waals surface area contributed by atoms with Crippen molar-refractivity contribution in [3.8, 4) is 0 Å². The quantitative estimate of drug-likeness (QED) is 0.548. The second-order valence-electron chi connectivity index (χ2n) is 5.13. The molecule has 0 bridgehead atoms. The zero-order valence-corrected chi connectivity index (χ0v) is 10.2. The zero-order chi connectivity index (χ0) is 11.4. The van der Waals surface area contributed by atoms with E-state index in [-0.39, 0.29) is 11.6 Å². The largest absolute Gasteiger partial charge is 0.381 e. The van der Waals surface area contributed by atoms with Crippen LogP contribution in [0.25, 0.3) is 0 Å². The molecule has 4 nitrogen and oxygen atoms in total. The maximum absolute atomic E-state index is 5.78. The molecule has 3 N–H and O–H groups in total. The van der Waals surface area contributed by atoms with E-state index in [1.54, 1.807) is 7.11 Å². The summed E-state index contributed by atoms with van der Waals surface area (Å²) in [5, 5.41) is 0. The first-order valence-electron chi connectivity index (χ1n) is 6.40. The summed E-state index contributed by atoms with van der Waals surface area (Å²) in [5.74, 6) is 6.56. The first-order valence-corrected chi connectivity index (χ1v) is 6.40. The van der Waals surface area contributed by atoms with Crippen molar-refractivity contribution in [3.63, 3.8) is 0 Å². The van der Waals surface area contributed by atoms with Crippen LogP contribution in [-0.2, 0) is 9.47 Å². The van der Waals surface area contributed by atoms with Crippen molar-refractivity contribution in [3.05, 3.63) is 0 Å². The van der Waals surface area contributed by atoms with Gasteiger partial charge in [-0.15, -0.1) is 0 Å². The van der Waals surface area contributed by atoms with E-state index < -0.39 is 0 Å². The normalized spacial score (nSPS) is 27.4. The summed E-state index contributed by atoms with van der Waals surface area (Å²) in [5.41, 5.74) is 2.87. The second kappa shape index (κ2) is 5.45. The van der Waals surface area contributed by atoms with E-state index in [1.807, 2.05) is 0 Å². The van der Waals surface area contributed by atoms with Gasteiger partial charge in [-0.1, -0.05) is 19.3 Å². The van der Waals surface area contributed by atoms with Crippen molar-refractivity contribution in [2.75, 3.05) is 20.3 Å². The maximum Gasteiger partial charge on any atom is 0.0888 e. The Morgan fingerprint density at radius 3 is 2.56 bits per heavy atom. The van der Waals surface area contributed by atoms with Gasteiger partial charge < -0.3 is 9.47 Å². The Morgan fingerprint density at radius 2 is 2.12 bits per heavy atom.